The molecule has 1 unspecified atom stereocenters. The van der Waals surface area contributed by atoms with Crippen molar-refractivity contribution in [2.24, 2.45) is 0 Å². The van der Waals surface area contributed by atoms with Gasteiger partial charge in [-0.3, -0.25) is 0 Å². The minimum absolute atomic E-state index is 0.0209. The molecule has 0 amide bonds. The zero-order valence-corrected chi connectivity index (χ0v) is 15.7. The van der Waals surface area contributed by atoms with Gasteiger partial charge in [-0.25, -0.2) is 19.9 Å². The van der Waals surface area contributed by atoms with Gasteiger partial charge in [0.2, 0.25) is 5.95 Å². The molecule has 0 bridgehead atoms. The van der Waals surface area contributed by atoms with Gasteiger partial charge in [0.15, 0.2) is 5.82 Å². The van der Waals surface area contributed by atoms with E-state index in [0.29, 0.717) is 11.6 Å². The van der Waals surface area contributed by atoms with E-state index in [0.717, 1.165) is 35.6 Å². The fourth-order valence-corrected chi connectivity index (χ4v) is 3.73. The summed E-state index contributed by atoms with van der Waals surface area (Å²) in [7, 11) is 3.78. The maximum atomic E-state index is 14.0. The third-order valence-electron chi connectivity index (χ3n) is 4.64. The monoisotopic (exact) mass is 370 g/mol. The first kappa shape index (κ1) is 16.8. The molecule has 4 rings (SSSR count). The lowest BCUT2D eigenvalue weighted by Gasteiger charge is -2.35. The summed E-state index contributed by atoms with van der Waals surface area (Å²) < 4.78 is 14.0. The van der Waals surface area contributed by atoms with E-state index in [1.165, 1.54) is 17.4 Å². The van der Waals surface area contributed by atoms with E-state index in [4.69, 9.17) is 4.98 Å². The molecule has 3 aromatic rings. The van der Waals surface area contributed by atoms with E-state index in [9.17, 15) is 4.39 Å². The molecular weight excluding hydrogens is 351 g/mol. The van der Waals surface area contributed by atoms with Crippen LogP contribution >= 0.6 is 11.3 Å². The normalized spacial score (nSPS) is 16.5. The Labute approximate surface area is 155 Å². The first-order valence-electron chi connectivity index (χ1n) is 8.39. The highest BCUT2D eigenvalue weighted by atomic mass is 32.1. The van der Waals surface area contributed by atoms with Crippen molar-refractivity contribution in [2.75, 3.05) is 30.4 Å². The molecule has 3 aromatic heterocycles. The fraction of sp³-hybridized carbons (Fsp3) is 0.333. The predicted molar refractivity (Wildman–Crippen MR) is 101 cm³/mol. The number of halogens is 1. The molecule has 0 radical (unpaired) electrons. The SMILES string of the molecule is CC1c2cnc(-c3cscn3)nc2CCN1c1cc(N(C)C)cc(F)n1. The van der Waals surface area contributed by atoms with E-state index in [1.54, 1.807) is 5.51 Å². The number of hydrogen-bond donors (Lipinski definition) is 0. The Kier molecular flexibility index (Phi) is 4.28. The standard InChI is InChI=1S/C18H19FN6S/c1-11-13-8-20-18(15-9-26-10-21-15)22-14(13)4-5-25(11)17-7-12(24(2)3)6-16(19)23-17/h6-11H,4-5H2,1-3H3. The number of nitrogens with zero attached hydrogens (tertiary/aromatic N) is 6. The topological polar surface area (TPSA) is 58.0 Å². The first-order valence-corrected chi connectivity index (χ1v) is 9.33. The second-order valence-corrected chi connectivity index (χ2v) is 7.21. The van der Waals surface area contributed by atoms with Crippen LogP contribution in [0.3, 0.4) is 0 Å². The average molecular weight is 370 g/mol. The third-order valence-corrected chi connectivity index (χ3v) is 5.23. The van der Waals surface area contributed by atoms with Crippen molar-refractivity contribution >= 4 is 22.8 Å². The van der Waals surface area contributed by atoms with Crippen LogP contribution in [0, 0.1) is 5.95 Å². The Morgan fingerprint density at radius 3 is 2.81 bits per heavy atom. The highest BCUT2D eigenvalue weighted by Gasteiger charge is 2.27. The average Bonchev–Trinajstić information content (AvgIpc) is 3.16. The van der Waals surface area contributed by atoms with Gasteiger partial charge in [0.05, 0.1) is 17.2 Å². The predicted octanol–water partition coefficient (Wildman–Crippen LogP) is 3.32. The first-order chi connectivity index (χ1) is 12.5. The number of aromatic nitrogens is 4. The molecule has 0 N–H and O–H groups in total. The van der Waals surface area contributed by atoms with Gasteiger partial charge < -0.3 is 9.80 Å². The van der Waals surface area contributed by atoms with Crippen molar-refractivity contribution in [3.63, 3.8) is 0 Å². The van der Waals surface area contributed by atoms with Crippen LogP contribution in [-0.2, 0) is 6.42 Å². The van der Waals surface area contributed by atoms with E-state index < -0.39 is 5.95 Å². The van der Waals surface area contributed by atoms with Gasteiger partial charge in [-0.2, -0.15) is 4.39 Å². The maximum Gasteiger partial charge on any atom is 0.216 e. The van der Waals surface area contributed by atoms with Crippen molar-refractivity contribution in [3.8, 4) is 11.5 Å². The lowest BCUT2D eigenvalue weighted by molar-refractivity contribution is 0.562. The fourth-order valence-electron chi connectivity index (χ4n) is 3.20. The lowest BCUT2D eigenvalue weighted by Crippen LogP contribution is -2.35. The van der Waals surface area contributed by atoms with Crippen LogP contribution in [0.4, 0.5) is 15.9 Å². The molecule has 1 aliphatic heterocycles. The van der Waals surface area contributed by atoms with Gasteiger partial charge in [-0.1, -0.05) is 0 Å². The molecule has 0 saturated carbocycles. The minimum Gasteiger partial charge on any atom is -0.377 e. The smallest absolute Gasteiger partial charge is 0.216 e. The molecule has 1 atom stereocenters. The number of hydrogen-bond acceptors (Lipinski definition) is 7. The van der Waals surface area contributed by atoms with Crippen LogP contribution in [0.15, 0.2) is 29.2 Å². The number of thiazole rings is 1. The molecule has 134 valence electrons. The third kappa shape index (κ3) is 3.01. The summed E-state index contributed by atoms with van der Waals surface area (Å²) in [6.07, 6.45) is 2.62. The molecule has 0 spiro atoms. The molecule has 4 heterocycles. The van der Waals surface area contributed by atoms with Crippen LogP contribution in [0.25, 0.3) is 11.5 Å². The van der Waals surface area contributed by atoms with Gasteiger partial charge in [-0.15, -0.1) is 11.3 Å². The van der Waals surface area contributed by atoms with Crippen molar-refractivity contribution in [1.29, 1.82) is 0 Å². The lowest BCUT2D eigenvalue weighted by atomic mass is 9.99. The minimum atomic E-state index is -0.473. The highest BCUT2D eigenvalue weighted by Crippen LogP contribution is 2.33. The molecule has 0 saturated heterocycles. The number of pyridine rings is 1. The van der Waals surface area contributed by atoms with Crippen molar-refractivity contribution in [2.45, 2.75) is 19.4 Å². The molecule has 8 heteroatoms. The summed E-state index contributed by atoms with van der Waals surface area (Å²) in [6.45, 7) is 2.80. The van der Waals surface area contributed by atoms with Gasteiger partial charge in [-0.05, 0) is 6.92 Å². The largest absolute Gasteiger partial charge is 0.377 e. The summed E-state index contributed by atoms with van der Waals surface area (Å²) in [4.78, 5) is 21.5. The van der Waals surface area contributed by atoms with Crippen LogP contribution in [0.2, 0.25) is 0 Å². The zero-order chi connectivity index (χ0) is 18.3. The van der Waals surface area contributed by atoms with Gasteiger partial charge in [0.25, 0.3) is 0 Å². The second-order valence-electron chi connectivity index (χ2n) is 6.49. The Morgan fingerprint density at radius 1 is 1.23 bits per heavy atom. The van der Waals surface area contributed by atoms with Crippen LogP contribution in [-0.4, -0.2) is 40.6 Å². The van der Waals surface area contributed by atoms with E-state index in [2.05, 4.69) is 26.8 Å². The zero-order valence-electron chi connectivity index (χ0n) is 14.8. The molecular formula is C18H19FN6S. The molecule has 1 aliphatic rings. The van der Waals surface area contributed by atoms with Gasteiger partial charge in [0.1, 0.15) is 11.5 Å². The highest BCUT2D eigenvalue weighted by molar-refractivity contribution is 7.07. The number of fused-ring (bicyclic) bond motifs is 1. The summed E-state index contributed by atoms with van der Waals surface area (Å²) in [5.74, 6) is 0.819. The molecule has 0 fully saturated rings. The van der Waals surface area contributed by atoms with E-state index in [1.807, 2.05) is 36.6 Å². The van der Waals surface area contributed by atoms with Crippen molar-refractivity contribution < 1.29 is 4.39 Å². The van der Waals surface area contributed by atoms with E-state index >= 15 is 0 Å². The molecule has 26 heavy (non-hydrogen) atoms. The Hall–Kier alpha value is -2.61. The van der Waals surface area contributed by atoms with Crippen molar-refractivity contribution in [3.05, 3.63) is 46.4 Å². The summed E-state index contributed by atoms with van der Waals surface area (Å²) in [5, 5.41) is 1.94. The Morgan fingerprint density at radius 2 is 2.08 bits per heavy atom. The Bertz CT molecular complexity index is 927. The molecule has 6 nitrogen and oxygen atoms in total. The maximum absolute atomic E-state index is 14.0. The Balaban J connectivity index is 1.67. The summed E-state index contributed by atoms with van der Waals surface area (Å²) >= 11 is 1.53. The van der Waals surface area contributed by atoms with Gasteiger partial charge >= 0.3 is 0 Å². The van der Waals surface area contributed by atoms with Gasteiger partial charge in [0, 0.05) is 62.0 Å². The summed E-state index contributed by atoms with van der Waals surface area (Å²) in [5.41, 5.74) is 5.44. The van der Waals surface area contributed by atoms with E-state index in [-0.39, 0.29) is 6.04 Å². The number of anilines is 2. The molecule has 0 aromatic carbocycles. The van der Waals surface area contributed by atoms with Crippen LogP contribution in [0.1, 0.15) is 24.2 Å². The molecule has 0 aliphatic carbocycles. The summed E-state index contributed by atoms with van der Waals surface area (Å²) in [6, 6.07) is 3.37. The number of rotatable bonds is 3. The van der Waals surface area contributed by atoms with Crippen LogP contribution in [0.5, 0.6) is 0 Å². The van der Waals surface area contributed by atoms with Crippen LogP contribution < -0.4 is 9.80 Å². The van der Waals surface area contributed by atoms with Crippen molar-refractivity contribution in [1.82, 2.24) is 19.9 Å². The second kappa shape index (κ2) is 6.60. The quantitative estimate of drug-likeness (QED) is 0.659.